The smallest absolute Gasteiger partial charge is 0.259 e. The van der Waals surface area contributed by atoms with Gasteiger partial charge in [-0.05, 0) is 30.3 Å². The van der Waals surface area contributed by atoms with E-state index in [4.69, 9.17) is 39.8 Å². The summed E-state index contributed by atoms with van der Waals surface area (Å²) >= 11 is 18.3. The van der Waals surface area contributed by atoms with Gasteiger partial charge in [-0.3, -0.25) is 4.79 Å². The van der Waals surface area contributed by atoms with Crippen LogP contribution < -0.4 is 0 Å². The number of nitrogens with zero attached hydrogens (tertiary/aromatic N) is 2. The van der Waals surface area contributed by atoms with Crippen LogP contribution in [0.2, 0.25) is 10.0 Å². The molecule has 4 nitrogen and oxygen atoms in total. The molecule has 1 aromatic heterocycles. The molecule has 1 amide bonds. The van der Waals surface area contributed by atoms with Gasteiger partial charge in [0.1, 0.15) is 11.5 Å². The lowest BCUT2D eigenvalue weighted by molar-refractivity contribution is -0.123. The summed E-state index contributed by atoms with van der Waals surface area (Å²) < 4.78 is 6.09. The zero-order valence-electron chi connectivity index (χ0n) is 11.0. The van der Waals surface area contributed by atoms with Crippen LogP contribution in [0.1, 0.15) is 5.76 Å². The zero-order valence-corrected chi connectivity index (χ0v) is 14.1. The molecule has 0 N–H and O–H groups in total. The van der Waals surface area contributed by atoms with Crippen molar-refractivity contribution in [1.29, 1.82) is 0 Å². The quantitative estimate of drug-likeness (QED) is 0.591. The molecule has 2 aromatic rings. The molecular weight excluding hydrogens is 363 g/mol. The standard InChI is InChI=1S/C14H8Cl2N2O2S2/c15-8-1-3-10(11(16)5-8)12-4-2-9(20-12)6-17-18-13(19)7-22-14(18)21/h1-6H,7H2/b17-6+. The number of carbonyl (C=O) groups is 1. The molecule has 0 atom stereocenters. The van der Waals surface area contributed by atoms with Gasteiger partial charge in [-0.2, -0.15) is 10.1 Å². The minimum absolute atomic E-state index is 0.140. The molecule has 1 saturated heterocycles. The predicted molar refractivity (Wildman–Crippen MR) is 93.7 cm³/mol. The second kappa shape index (κ2) is 6.42. The van der Waals surface area contributed by atoms with Crippen LogP contribution in [-0.2, 0) is 4.79 Å². The highest BCUT2D eigenvalue weighted by Gasteiger charge is 2.26. The molecule has 0 bridgehead atoms. The Morgan fingerprint density at radius 3 is 2.82 bits per heavy atom. The first kappa shape index (κ1) is 15.6. The first-order valence-corrected chi connectivity index (χ1v) is 8.28. The average molecular weight is 371 g/mol. The molecule has 8 heteroatoms. The van der Waals surface area contributed by atoms with Gasteiger partial charge in [0, 0.05) is 10.6 Å². The number of thiocarbonyl (C=S) groups is 1. The molecule has 0 spiro atoms. The lowest BCUT2D eigenvalue weighted by atomic mass is 10.2. The summed E-state index contributed by atoms with van der Waals surface area (Å²) in [7, 11) is 0. The molecule has 1 fully saturated rings. The lowest BCUT2D eigenvalue weighted by Crippen LogP contribution is -2.22. The molecule has 1 aliphatic rings. The van der Waals surface area contributed by atoms with Crippen molar-refractivity contribution < 1.29 is 9.21 Å². The first-order chi connectivity index (χ1) is 10.5. The lowest BCUT2D eigenvalue weighted by Gasteiger charge is -2.05. The minimum Gasteiger partial charge on any atom is -0.455 e. The van der Waals surface area contributed by atoms with E-state index in [0.717, 1.165) is 5.56 Å². The summed E-state index contributed by atoms with van der Waals surface area (Å²) in [4.78, 5) is 11.6. The van der Waals surface area contributed by atoms with Gasteiger partial charge in [-0.15, -0.1) is 0 Å². The molecule has 0 unspecified atom stereocenters. The van der Waals surface area contributed by atoms with Crippen molar-refractivity contribution in [2.24, 2.45) is 5.10 Å². The van der Waals surface area contributed by atoms with E-state index in [0.29, 0.717) is 31.6 Å². The highest BCUT2D eigenvalue weighted by Crippen LogP contribution is 2.31. The highest BCUT2D eigenvalue weighted by atomic mass is 35.5. The van der Waals surface area contributed by atoms with E-state index in [-0.39, 0.29) is 5.91 Å². The number of furan rings is 1. The van der Waals surface area contributed by atoms with Crippen molar-refractivity contribution in [2.45, 2.75) is 0 Å². The number of hydrogen-bond acceptors (Lipinski definition) is 5. The Morgan fingerprint density at radius 2 is 2.14 bits per heavy atom. The predicted octanol–water partition coefficient (Wildman–Crippen LogP) is 4.45. The maximum absolute atomic E-state index is 11.6. The Hall–Kier alpha value is -1.34. The number of halogens is 2. The molecule has 0 aliphatic carbocycles. The van der Waals surface area contributed by atoms with Gasteiger partial charge in [0.2, 0.25) is 0 Å². The van der Waals surface area contributed by atoms with E-state index >= 15 is 0 Å². The van der Waals surface area contributed by atoms with E-state index in [9.17, 15) is 4.79 Å². The van der Waals surface area contributed by atoms with Gasteiger partial charge in [-0.1, -0.05) is 47.2 Å². The van der Waals surface area contributed by atoms with Crippen LogP contribution in [0.15, 0.2) is 39.9 Å². The molecule has 1 aromatic carbocycles. The van der Waals surface area contributed by atoms with E-state index in [1.54, 1.807) is 30.3 Å². The zero-order chi connectivity index (χ0) is 15.7. The van der Waals surface area contributed by atoms with Gasteiger partial charge >= 0.3 is 0 Å². The molecule has 3 rings (SSSR count). The summed E-state index contributed by atoms with van der Waals surface area (Å²) in [6.07, 6.45) is 1.45. The third kappa shape index (κ3) is 3.20. The highest BCUT2D eigenvalue weighted by molar-refractivity contribution is 8.23. The third-order valence-corrected chi connectivity index (χ3v) is 4.74. The molecule has 1 aliphatic heterocycles. The molecule has 112 valence electrons. The van der Waals surface area contributed by atoms with Crippen LogP contribution in [0, 0.1) is 0 Å². The maximum Gasteiger partial charge on any atom is 0.259 e. The largest absolute Gasteiger partial charge is 0.455 e. The van der Waals surface area contributed by atoms with Crippen LogP contribution in [0.3, 0.4) is 0 Å². The fraction of sp³-hybridized carbons (Fsp3) is 0.0714. The molecule has 22 heavy (non-hydrogen) atoms. The van der Waals surface area contributed by atoms with E-state index < -0.39 is 0 Å². The Labute approximate surface area is 146 Å². The minimum atomic E-state index is -0.140. The van der Waals surface area contributed by atoms with E-state index in [2.05, 4.69) is 5.10 Å². The molecule has 2 heterocycles. The van der Waals surface area contributed by atoms with E-state index in [1.165, 1.54) is 23.0 Å². The average Bonchev–Trinajstić information content (AvgIpc) is 3.05. The fourth-order valence-corrected chi connectivity index (χ4v) is 3.30. The van der Waals surface area contributed by atoms with Crippen molar-refractivity contribution >= 4 is 63.6 Å². The number of hydrogen-bond donors (Lipinski definition) is 0. The summed E-state index contributed by atoms with van der Waals surface area (Å²) in [6.45, 7) is 0. The Balaban J connectivity index is 1.82. The normalized spacial score (nSPS) is 15.3. The maximum atomic E-state index is 11.6. The Morgan fingerprint density at radius 1 is 1.32 bits per heavy atom. The van der Waals surface area contributed by atoms with Crippen molar-refractivity contribution in [3.8, 4) is 11.3 Å². The van der Waals surface area contributed by atoms with Crippen LogP contribution in [-0.4, -0.2) is 27.2 Å². The number of carbonyl (C=O) groups excluding carboxylic acids is 1. The monoisotopic (exact) mass is 370 g/mol. The van der Waals surface area contributed by atoms with Gasteiger partial charge in [0.05, 0.1) is 17.0 Å². The summed E-state index contributed by atoms with van der Waals surface area (Å²) in [5.74, 6) is 1.26. The van der Waals surface area contributed by atoms with Crippen molar-refractivity contribution in [3.05, 3.63) is 46.1 Å². The topological polar surface area (TPSA) is 45.8 Å². The van der Waals surface area contributed by atoms with Crippen molar-refractivity contribution in [3.63, 3.8) is 0 Å². The SMILES string of the molecule is O=C1CSC(=S)N1/N=C/c1ccc(-c2ccc(Cl)cc2Cl)o1. The molecule has 0 radical (unpaired) electrons. The first-order valence-electron chi connectivity index (χ1n) is 6.13. The summed E-state index contributed by atoms with van der Waals surface area (Å²) in [5.41, 5.74) is 0.731. The van der Waals surface area contributed by atoms with Crippen molar-refractivity contribution in [1.82, 2.24) is 5.01 Å². The number of amides is 1. The van der Waals surface area contributed by atoms with Crippen LogP contribution >= 0.6 is 47.2 Å². The van der Waals surface area contributed by atoms with Crippen LogP contribution in [0.25, 0.3) is 11.3 Å². The third-order valence-electron chi connectivity index (χ3n) is 2.85. The van der Waals surface area contributed by atoms with Crippen molar-refractivity contribution in [2.75, 3.05) is 5.75 Å². The van der Waals surface area contributed by atoms with Gasteiger partial charge < -0.3 is 4.42 Å². The number of thioether (sulfide) groups is 1. The van der Waals surface area contributed by atoms with Gasteiger partial charge in [-0.25, -0.2) is 0 Å². The van der Waals surface area contributed by atoms with Crippen LogP contribution in [0.4, 0.5) is 0 Å². The number of hydrazone groups is 1. The molecular formula is C14H8Cl2N2O2S2. The van der Waals surface area contributed by atoms with Gasteiger partial charge in [0.15, 0.2) is 4.32 Å². The van der Waals surface area contributed by atoms with Crippen LogP contribution in [0.5, 0.6) is 0 Å². The summed E-state index contributed by atoms with van der Waals surface area (Å²) in [6, 6.07) is 8.67. The second-order valence-corrected chi connectivity index (χ2v) is 6.78. The fourth-order valence-electron chi connectivity index (χ4n) is 1.83. The second-order valence-electron chi connectivity index (χ2n) is 4.33. The van der Waals surface area contributed by atoms with Gasteiger partial charge in [0.25, 0.3) is 5.91 Å². The Bertz CT molecular complexity index is 773. The van der Waals surface area contributed by atoms with E-state index in [1.807, 2.05) is 0 Å². The Kier molecular flexibility index (Phi) is 4.54. The number of benzene rings is 1. The molecule has 0 saturated carbocycles. The number of rotatable bonds is 3. The summed E-state index contributed by atoms with van der Waals surface area (Å²) in [5, 5.41) is 6.29.